The minimum atomic E-state index is -0.839. The van der Waals surface area contributed by atoms with Crippen LogP contribution in [0.3, 0.4) is 0 Å². The number of phenols is 1. The molecule has 0 saturated carbocycles. The summed E-state index contributed by atoms with van der Waals surface area (Å²) in [7, 11) is 0. The van der Waals surface area contributed by atoms with Crippen LogP contribution in [0.1, 0.15) is 15.9 Å². The maximum atomic E-state index is 13.5. The van der Waals surface area contributed by atoms with Gasteiger partial charge in [0.1, 0.15) is 27.9 Å². The summed E-state index contributed by atoms with van der Waals surface area (Å²) in [5.41, 5.74) is 5.28. The van der Waals surface area contributed by atoms with E-state index in [1.165, 1.54) is 18.3 Å². The molecule has 0 radical (unpaired) electrons. The van der Waals surface area contributed by atoms with Crippen LogP contribution >= 0.6 is 12.2 Å². The number of hydrogen-bond donors (Lipinski definition) is 4. The fourth-order valence-corrected chi connectivity index (χ4v) is 1.64. The van der Waals surface area contributed by atoms with Crippen molar-refractivity contribution in [2.45, 2.75) is 0 Å². The molecule has 1 heterocycles. The fraction of sp³-hybridized carbons (Fsp3) is 0. The quantitative estimate of drug-likeness (QED) is 0.631. The fourth-order valence-electron chi connectivity index (χ4n) is 1.48. The van der Waals surface area contributed by atoms with Gasteiger partial charge in [-0.15, -0.1) is 0 Å². The normalized spacial score (nSPS) is 10.2. The van der Waals surface area contributed by atoms with Crippen molar-refractivity contribution in [3.05, 3.63) is 41.3 Å². The van der Waals surface area contributed by atoms with E-state index in [0.29, 0.717) is 5.56 Å². The maximum Gasteiger partial charge on any atom is 0.263 e. The molecule has 0 bridgehead atoms. The Morgan fingerprint density at radius 2 is 2.26 bits per heavy atom. The lowest BCUT2D eigenvalue weighted by atomic mass is 10.1. The number of rotatable bonds is 3. The molecular weight excluding hydrogens is 271 g/mol. The number of phenolic OH excluding ortho intramolecular Hbond substituents is 1. The summed E-state index contributed by atoms with van der Waals surface area (Å²) in [5, 5.41) is 18.0. The molecule has 0 atom stereocenters. The third kappa shape index (κ3) is 2.52. The molecule has 0 unspecified atom stereocenters. The van der Waals surface area contributed by atoms with Gasteiger partial charge in [0.05, 0.1) is 11.8 Å². The molecule has 6 nitrogen and oxygen atoms in total. The summed E-state index contributed by atoms with van der Waals surface area (Å²) in [5.74, 6) is -2.00. The van der Waals surface area contributed by atoms with Crippen LogP contribution in [0.2, 0.25) is 0 Å². The summed E-state index contributed by atoms with van der Waals surface area (Å²) >= 11 is 4.77. The molecule has 0 aliphatic rings. The van der Waals surface area contributed by atoms with Crippen LogP contribution in [0.4, 0.5) is 10.2 Å². The third-order valence-electron chi connectivity index (χ3n) is 2.36. The number of carbonyl (C=O) groups is 1. The summed E-state index contributed by atoms with van der Waals surface area (Å²) in [6, 6.07) is 3.56. The third-order valence-corrected chi connectivity index (χ3v) is 2.58. The number of nitrogens with one attached hydrogen (secondary N) is 2. The van der Waals surface area contributed by atoms with Gasteiger partial charge in [0, 0.05) is 0 Å². The van der Waals surface area contributed by atoms with Gasteiger partial charge < -0.3 is 16.2 Å². The van der Waals surface area contributed by atoms with Crippen LogP contribution in [0.5, 0.6) is 5.75 Å². The van der Waals surface area contributed by atoms with Gasteiger partial charge in [-0.2, -0.15) is 5.10 Å². The molecule has 1 amide bonds. The molecule has 19 heavy (non-hydrogen) atoms. The average Bonchev–Trinajstić information content (AvgIpc) is 2.76. The number of carbonyl (C=O) groups excluding carboxylic acids is 1. The van der Waals surface area contributed by atoms with Gasteiger partial charge in [-0.3, -0.25) is 9.89 Å². The van der Waals surface area contributed by atoms with E-state index in [4.69, 9.17) is 18.0 Å². The number of H-pyrrole nitrogens is 1. The summed E-state index contributed by atoms with van der Waals surface area (Å²) in [6.07, 6.45) is 1.33. The van der Waals surface area contributed by atoms with Crippen LogP contribution < -0.4 is 11.1 Å². The van der Waals surface area contributed by atoms with Crippen molar-refractivity contribution in [2.24, 2.45) is 5.73 Å². The van der Waals surface area contributed by atoms with Crippen molar-refractivity contribution in [1.82, 2.24) is 10.2 Å². The Labute approximate surface area is 112 Å². The van der Waals surface area contributed by atoms with Crippen molar-refractivity contribution < 1.29 is 14.3 Å². The lowest BCUT2D eigenvalue weighted by Gasteiger charge is -2.07. The number of thiocarbonyl (C=S) groups is 1. The van der Waals surface area contributed by atoms with Crippen molar-refractivity contribution in [3.63, 3.8) is 0 Å². The standard InChI is InChI=1S/C11H9FN4O2S/c12-6-2-1-3-7(17)8(6)11(18)15-10-5(9(13)19)4-14-16-10/h1-4,17H,(H2,13,19)(H2,14,15,16,18). The Kier molecular flexibility index (Phi) is 3.43. The summed E-state index contributed by atoms with van der Waals surface area (Å²) < 4.78 is 13.5. The Balaban J connectivity index is 2.31. The zero-order chi connectivity index (χ0) is 14.0. The number of aromatic amines is 1. The van der Waals surface area contributed by atoms with E-state index in [2.05, 4.69) is 15.5 Å². The van der Waals surface area contributed by atoms with Gasteiger partial charge in [0.2, 0.25) is 0 Å². The van der Waals surface area contributed by atoms with E-state index < -0.39 is 23.0 Å². The highest BCUT2D eigenvalue weighted by Gasteiger charge is 2.19. The molecule has 2 aromatic rings. The van der Waals surface area contributed by atoms with Crippen LogP contribution in [0.15, 0.2) is 24.4 Å². The largest absolute Gasteiger partial charge is 0.507 e. The molecule has 1 aromatic carbocycles. The van der Waals surface area contributed by atoms with E-state index in [9.17, 15) is 14.3 Å². The van der Waals surface area contributed by atoms with Crippen LogP contribution in [0, 0.1) is 5.82 Å². The molecule has 98 valence electrons. The van der Waals surface area contributed by atoms with Crippen LogP contribution in [0.25, 0.3) is 0 Å². The minimum absolute atomic E-state index is 0.0294. The molecule has 0 spiro atoms. The Hall–Kier alpha value is -2.48. The number of nitrogens with zero attached hydrogens (tertiary/aromatic N) is 1. The van der Waals surface area contributed by atoms with Gasteiger partial charge in [-0.05, 0) is 12.1 Å². The molecule has 5 N–H and O–H groups in total. The second kappa shape index (κ2) is 5.02. The molecule has 0 saturated heterocycles. The number of aromatic nitrogens is 2. The van der Waals surface area contributed by atoms with Crippen molar-refractivity contribution in [3.8, 4) is 5.75 Å². The smallest absolute Gasteiger partial charge is 0.263 e. The Bertz CT molecular complexity index is 636. The number of hydrogen-bond acceptors (Lipinski definition) is 4. The predicted molar refractivity (Wildman–Crippen MR) is 70.5 cm³/mol. The summed E-state index contributed by atoms with van der Waals surface area (Å²) in [4.78, 5) is 11.9. The zero-order valence-corrected chi connectivity index (χ0v) is 10.3. The van der Waals surface area contributed by atoms with Gasteiger partial charge >= 0.3 is 0 Å². The number of anilines is 1. The highest BCUT2D eigenvalue weighted by Crippen LogP contribution is 2.21. The monoisotopic (exact) mass is 280 g/mol. The van der Waals surface area contributed by atoms with E-state index in [-0.39, 0.29) is 10.8 Å². The van der Waals surface area contributed by atoms with Crippen molar-refractivity contribution >= 4 is 28.9 Å². The van der Waals surface area contributed by atoms with E-state index in [0.717, 1.165) is 6.07 Å². The molecule has 1 aromatic heterocycles. The molecule has 2 rings (SSSR count). The Morgan fingerprint density at radius 1 is 1.53 bits per heavy atom. The highest BCUT2D eigenvalue weighted by molar-refractivity contribution is 7.80. The van der Waals surface area contributed by atoms with Gasteiger partial charge in [0.25, 0.3) is 5.91 Å². The second-order valence-corrected chi connectivity index (χ2v) is 4.05. The summed E-state index contributed by atoms with van der Waals surface area (Å²) in [6.45, 7) is 0. The number of nitrogens with two attached hydrogens (primary N) is 1. The molecule has 8 heteroatoms. The number of halogens is 1. The topological polar surface area (TPSA) is 104 Å². The lowest BCUT2D eigenvalue weighted by molar-refractivity contribution is 0.102. The van der Waals surface area contributed by atoms with Crippen LogP contribution in [-0.4, -0.2) is 26.2 Å². The van der Waals surface area contributed by atoms with Crippen LogP contribution in [-0.2, 0) is 0 Å². The molecule has 0 fully saturated rings. The average molecular weight is 280 g/mol. The number of amides is 1. The van der Waals surface area contributed by atoms with Crippen molar-refractivity contribution in [1.29, 1.82) is 0 Å². The first-order valence-corrected chi connectivity index (χ1v) is 5.53. The molecular formula is C11H9FN4O2S. The lowest BCUT2D eigenvalue weighted by Crippen LogP contribution is -2.18. The van der Waals surface area contributed by atoms with E-state index >= 15 is 0 Å². The molecule has 0 aliphatic carbocycles. The first kappa shape index (κ1) is 13.0. The van der Waals surface area contributed by atoms with Gasteiger partial charge in [-0.25, -0.2) is 4.39 Å². The SMILES string of the molecule is NC(=S)c1cn[nH]c1NC(=O)c1c(O)cccc1F. The zero-order valence-electron chi connectivity index (χ0n) is 9.48. The predicted octanol–water partition coefficient (Wildman–Crippen LogP) is 1.14. The second-order valence-electron chi connectivity index (χ2n) is 3.61. The molecule has 0 aliphatic heterocycles. The number of aromatic hydroxyl groups is 1. The van der Waals surface area contributed by atoms with Gasteiger partial charge in [-0.1, -0.05) is 18.3 Å². The van der Waals surface area contributed by atoms with E-state index in [1.807, 2.05) is 0 Å². The minimum Gasteiger partial charge on any atom is -0.507 e. The first-order chi connectivity index (χ1) is 9.00. The maximum absolute atomic E-state index is 13.5. The van der Waals surface area contributed by atoms with Gasteiger partial charge in [0.15, 0.2) is 0 Å². The first-order valence-electron chi connectivity index (χ1n) is 5.12. The number of benzene rings is 1. The van der Waals surface area contributed by atoms with Crippen molar-refractivity contribution in [2.75, 3.05) is 5.32 Å². The highest BCUT2D eigenvalue weighted by atomic mass is 32.1. The Morgan fingerprint density at radius 3 is 2.89 bits per heavy atom. The van der Waals surface area contributed by atoms with E-state index in [1.54, 1.807) is 0 Å².